The van der Waals surface area contributed by atoms with Crippen LogP contribution >= 0.6 is 11.6 Å². The molecule has 0 bridgehead atoms. The number of carbonyl (C=O) groups is 1. The van der Waals surface area contributed by atoms with E-state index in [9.17, 15) is 4.79 Å². The van der Waals surface area contributed by atoms with Gasteiger partial charge in [-0.3, -0.25) is 0 Å². The molecule has 0 saturated carbocycles. The molecule has 5 aromatic rings. The van der Waals surface area contributed by atoms with Crippen molar-refractivity contribution in [1.82, 2.24) is 14.9 Å². The molecule has 0 radical (unpaired) electrons. The average Bonchev–Trinajstić information content (AvgIpc) is 3.28. The molecule has 9 heteroatoms. The molecule has 0 atom stereocenters. The largest absolute Gasteiger partial charge is 0.436 e. The standard InChI is InChI=1S/C30H29ClN6O2/c1-37(2)18-21-10-14-24(15-11-21)36-30(38)35-23-12-8-20(9-13-23)16-17-32-28-25-26(31)27(22-6-4-3-5-7-22)39-29(25)34-19-33-28/h3-15,19H,16-18H2,1-2H3,(H,32,33,34)(H2,35,36,38). The number of carbonyl (C=O) groups excluding carboxylic acids is 1. The van der Waals surface area contributed by atoms with Crippen molar-refractivity contribution in [3.8, 4) is 11.3 Å². The Morgan fingerprint density at radius 2 is 1.51 bits per heavy atom. The monoisotopic (exact) mass is 540 g/mol. The summed E-state index contributed by atoms with van der Waals surface area (Å²) >= 11 is 6.67. The van der Waals surface area contributed by atoms with Gasteiger partial charge in [0.25, 0.3) is 0 Å². The Hall–Kier alpha value is -4.40. The molecular formula is C30H29ClN6O2. The lowest BCUT2D eigenvalue weighted by molar-refractivity contribution is 0.262. The van der Waals surface area contributed by atoms with E-state index >= 15 is 0 Å². The van der Waals surface area contributed by atoms with Gasteiger partial charge in [-0.05, 0) is 55.9 Å². The van der Waals surface area contributed by atoms with Gasteiger partial charge in [0.05, 0.1) is 0 Å². The van der Waals surface area contributed by atoms with Gasteiger partial charge in [-0.25, -0.2) is 14.8 Å². The molecule has 8 nitrogen and oxygen atoms in total. The first-order valence-corrected chi connectivity index (χ1v) is 13.0. The molecule has 0 unspecified atom stereocenters. The molecule has 5 rings (SSSR count). The Morgan fingerprint density at radius 1 is 0.872 bits per heavy atom. The number of amides is 2. The first kappa shape index (κ1) is 26.2. The normalized spacial score (nSPS) is 11.1. The minimum absolute atomic E-state index is 0.288. The minimum Gasteiger partial charge on any atom is -0.436 e. The minimum atomic E-state index is -0.288. The van der Waals surface area contributed by atoms with E-state index in [1.807, 2.05) is 93.0 Å². The van der Waals surface area contributed by atoms with Gasteiger partial charge in [0.15, 0.2) is 5.76 Å². The number of hydrogen-bond acceptors (Lipinski definition) is 6. The van der Waals surface area contributed by atoms with Crippen LogP contribution in [0.5, 0.6) is 0 Å². The van der Waals surface area contributed by atoms with Crippen LogP contribution in [-0.4, -0.2) is 41.5 Å². The van der Waals surface area contributed by atoms with Crippen LogP contribution in [0.4, 0.5) is 22.0 Å². The number of aromatic nitrogens is 2. The zero-order valence-electron chi connectivity index (χ0n) is 21.7. The van der Waals surface area contributed by atoms with E-state index in [2.05, 4.69) is 30.8 Å². The van der Waals surface area contributed by atoms with E-state index in [1.165, 1.54) is 11.9 Å². The lowest BCUT2D eigenvalue weighted by Crippen LogP contribution is -2.19. The number of halogens is 1. The Bertz CT molecular complexity index is 1550. The predicted molar refractivity (Wildman–Crippen MR) is 157 cm³/mol. The van der Waals surface area contributed by atoms with Gasteiger partial charge in [0.2, 0.25) is 5.71 Å². The molecule has 0 aliphatic rings. The van der Waals surface area contributed by atoms with Crippen LogP contribution in [0.3, 0.4) is 0 Å². The molecule has 0 saturated heterocycles. The highest BCUT2D eigenvalue weighted by Crippen LogP contribution is 2.39. The summed E-state index contributed by atoms with van der Waals surface area (Å²) in [5, 5.41) is 10.2. The van der Waals surface area contributed by atoms with E-state index in [-0.39, 0.29) is 6.03 Å². The van der Waals surface area contributed by atoms with E-state index in [0.717, 1.165) is 29.8 Å². The molecule has 2 amide bonds. The summed E-state index contributed by atoms with van der Waals surface area (Å²) in [6, 6.07) is 25.0. The van der Waals surface area contributed by atoms with Crippen LogP contribution in [0.2, 0.25) is 5.02 Å². The fourth-order valence-corrected chi connectivity index (χ4v) is 4.56. The average molecular weight is 541 g/mol. The highest BCUT2D eigenvalue weighted by atomic mass is 35.5. The molecule has 0 spiro atoms. The Kier molecular flexibility index (Phi) is 8.05. The van der Waals surface area contributed by atoms with Crippen molar-refractivity contribution in [2.24, 2.45) is 0 Å². The number of nitrogens with one attached hydrogen (secondary N) is 3. The molecule has 2 aromatic heterocycles. The van der Waals surface area contributed by atoms with E-state index in [1.54, 1.807) is 0 Å². The predicted octanol–water partition coefficient (Wildman–Crippen LogP) is 6.90. The zero-order valence-corrected chi connectivity index (χ0v) is 22.5. The van der Waals surface area contributed by atoms with Crippen LogP contribution in [-0.2, 0) is 13.0 Å². The van der Waals surface area contributed by atoms with Gasteiger partial charge < -0.3 is 25.3 Å². The third-order valence-corrected chi connectivity index (χ3v) is 6.46. The number of fused-ring (bicyclic) bond motifs is 1. The lowest BCUT2D eigenvalue weighted by atomic mass is 10.1. The SMILES string of the molecule is CN(C)Cc1ccc(NC(=O)Nc2ccc(CCNc3ncnc4oc(-c5ccccc5)c(Cl)c34)cc2)cc1. The maximum absolute atomic E-state index is 12.4. The summed E-state index contributed by atoms with van der Waals surface area (Å²) in [6.45, 7) is 1.48. The number of rotatable bonds is 9. The topological polar surface area (TPSA) is 95.3 Å². The molecule has 0 aliphatic carbocycles. The van der Waals surface area contributed by atoms with Crippen molar-refractivity contribution < 1.29 is 9.21 Å². The van der Waals surface area contributed by atoms with Crippen LogP contribution in [0, 0.1) is 0 Å². The zero-order chi connectivity index (χ0) is 27.2. The quantitative estimate of drug-likeness (QED) is 0.188. The summed E-state index contributed by atoms with van der Waals surface area (Å²) in [7, 11) is 4.05. The highest BCUT2D eigenvalue weighted by Gasteiger charge is 2.19. The van der Waals surface area contributed by atoms with Crippen molar-refractivity contribution in [3.63, 3.8) is 0 Å². The number of furan rings is 1. The van der Waals surface area contributed by atoms with Crippen molar-refractivity contribution in [2.45, 2.75) is 13.0 Å². The van der Waals surface area contributed by atoms with Crippen molar-refractivity contribution in [1.29, 1.82) is 0 Å². The van der Waals surface area contributed by atoms with Crippen LogP contribution in [0.1, 0.15) is 11.1 Å². The summed E-state index contributed by atoms with van der Waals surface area (Å²) in [5.41, 5.74) is 5.07. The molecule has 3 aromatic carbocycles. The summed E-state index contributed by atoms with van der Waals surface area (Å²) in [5.74, 6) is 1.20. The van der Waals surface area contributed by atoms with Crippen LogP contribution in [0.25, 0.3) is 22.4 Å². The summed E-state index contributed by atoms with van der Waals surface area (Å²) in [6.07, 6.45) is 2.21. The van der Waals surface area contributed by atoms with E-state index in [0.29, 0.717) is 39.9 Å². The smallest absolute Gasteiger partial charge is 0.323 e. The molecule has 2 heterocycles. The van der Waals surface area contributed by atoms with Crippen molar-refractivity contribution in [2.75, 3.05) is 36.6 Å². The van der Waals surface area contributed by atoms with Gasteiger partial charge in [-0.15, -0.1) is 0 Å². The fourth-order valence-electron chi connectivity index (χ4n) is 4.24. The molecule has 3 N–H and O–H groups in total. The van der Waals surface area contributed by atoms with Crippen molar-refractivity contribution in [3.05, 3.63) is 101 Å². The van der Waals surface area contributed by atoms with Crippen LogP contribution in [0.15, 0.2) is 89.6 Å². The first-order chi connectivity index (χ1) is 19.0. The number of hydrogen-bond donors (Lipinski definition) is 3. The number of benzene rings is 3. The maximum atomic E-state index is 12.4. The summed E-state index contributed by atoms with van der Waals surface area (Å²) in [4.78, 5) is 23.1. The lowest BCUT2D eigenvalue weighted by Gasteiger charge is -2.11. The van der Waals surface area contributed by atoms with E-state index < -0.39 is 0 Å². The number of anilines is 3. The number of urea groups is 1. The second kappa shape index (κ2) is 12.0. The molecule has 0 fully saturated rings. The number of nitrogens with zero attached hydrogens (tertiary/aromatic N) is 3. The van der Waals surface area contributed by atoms with Crippen molar-refractivity contribution >= 4 is 45.9 Å². The summed E-state index contributed by atoms with van der Waals surface area (Å²) < 4.78 is 5.93. The second-order valence-electron chi connectivity index (χ2n) is 9.40. The van der Waals surface area contributed by atoms with Gasteiger partial charge in [0.1, 0.15) is 22.6 Å². The highest BCUT2D eigenvalue weighted by molar-refractivity contribution is 6.38. The molecule has 198 valence electrons. The molecular weight excluding hydrogens is 512 g/mol. The molecule has 0 aliphatic heterocycles. The molecule has 39 heavy (non-hydrogen) atoms. The van der Waals surface area contributed by atoms with Crippen LogP contribution < -0.4 is 16.0 Å². The Morgan fingerprint density at radius 3 is 2.15 bits per heavy atom. The van der Waals surface area contributed by atoms with Gasteiger partial charge in [-0.1, -0.05) is 66.2 Å². The van der Waals surface area contributed by atoms with Gasteiger partial charge >= 0.3 is 6.03 Å². The van der Waals surface area contributed by atoms with E-state index in [4.69, 9.17) is 16.0 Å². The van der Waals surface area contributed by atoms with Gasteiger partial charge in [-0.2, -0.15) is 0 Å². The Labute approximate surface area is 232 Å². The maximum Gasteiger partial charge on any atom is 0.323 e. The first-order valence-electron chi connectivity index (χ1n) is 12.6. The third-order valence-electron chi connectivity index (χ3n) is 6.09. The third kappa shape index (κ3) is 6.54. The van der Waals surface area contributed by atoms with Gasteiger partial charge in [0, 0.05) is 30.0 Å². The Balaban J connectivity index is 1.15. The second-order valence-corrected chi connectivity index (χ2v) is 9.78. The fraction of sp³-hybridized carbons (Fsp3) is 0.167.